The van der Waals surface area contributed by atoms with Crippen molar-refractivity contribution in [1.82, 2.24) is 4.90 Å². The number of amides is 1. The van der Waals surface area contributed by atoms with Crippen LogP contribution in [0.25, 0.3) is 6.08 Å². The summed E-state index contributed by atoms with van der Waals surface area (Å²) in [5, 5.41) is 9.15. The average molecular weight is 289 g/mol. The molecule has 21 heavy (non-hydrogen) atoms. The molecule has 2 unspecified atom stereocenters. The lowest BCUT2D eigenvalue weighted by Crippen LogP contribution is -2.51. The van der Waals surface area contributed by atoms with Gasteiger partial charge >= 0.3 is 0 Å². The Morgan fingerprint density at radius 1 is 1.43 bits per heavy atom. The summed E-state index contributed by atoms with van der Waals surface area (Å²) in [5.41, 5.74) is 2.30. The molecule has 0 bridgehead atoms. The molecule has 4 nitrogen and oxygen atoms in total. The molecule has 0 spiro atoms. The van der Waals surface area contributed by atoms with Gasteiger partial charge in [0.15, 0.2) is 0 Å². The van der Waals surface area contributed by atoms with Gasteiger partial charge in [-0.1, -0.05) is 31.2 Å². The number of carbonyl (C=O) groups excluding carboxylic acids is 1. The van der Waals surface area contributed by atoms with Crippen molar-refractivity contribution < 1.29 is 14.6 Å². The molecule has 0 saturated carbocycles. The summed E-state index contributed by atoms with van der Waals surface area (Å²) >= 11 is 0. The quantitative estimate of drug-likeness (QED) is 0.861. The van der Waals surface area contributed by atoms with E-state index in [0.717, 1.165) is 12.0 Å². The zero-order valence-electron chi connectivity index (χ0n) is 12.7. The van der Waals surface area contributed by atoms with Gasteiger partial charge in [-0.3, -0.25) is 4.79 Å². The molecule has 2 atom stereocenters. The molecule has 1 N–H and O–H groups in total. The van der Waals surface area contributed by atoms with E-state index in [4.69, 9.17) is 9.84 Å². The highest BCUT2D eigenvalue weighted by atomic mass is 16.5. The maximum absolute atomic E-state index is 12.3. The number of nitrogens with zero attached hydrogens (tertiary/aromatic N) is 1. The number of hydrogen-bond donors (Lipinski definition) is 1. The topological polar surface area (TPSA) is 49.8 Å². The highest BCUT2D eigenvalue weighted by molar-refractivity contribution is 5.92. The number of morpholine rings is 1. The van der Waals surface area contributed by atoms with E-state index in [9.17, 15) is 4.79 Å². The first-order chi connectivity index (χ1) is 10.1. The van der Waals surface area contributed by atoms with E-state index in [2.05, 4.69) is 19.1 Å². The highest BCUT2D eigenvalue weighted by Crippen LogP contribution is 2.13. The molecule has 1 aromatic carbocycles. The third-order valence-electron chi connectivity index (χ3n) is 3.80. The van der Waals surface area contributed by atoms with Gasteiger partial charge in [0.25, 0.3) is 0 Å². The third kappa shape index (κ3) is 4.16. The second-order valence-corrected chi connectivity index (χ2v) is 5.41. The molecule has 4 heteroatoms. The van der Waals surface area contributed by atoms with Crippen molar-refractivity contribution in [3.63, 3.8) is 0 Å². The van der Waals surface area contributed by atoms with E-state index < -0.39 is 0 Å². The van der Waals surface area contributed by atoms with Crippen LogP contribution < -0.4 is 0 Å². The Hall–Kier alpha value is -1.65. The van der Waals surface area contributed by atoms with Crippen LogP contribution in [0.1, 0.15) is 25.0 Å². The molecule has 114 valence electrons. The van der Waals surface area contributed by atoms with E-state index in [1.54, 1.807) is 11.0 Å². The van der Waals surface area contributed by atoms with Crippen LogP contribution in [0.15, 0.2) is 30.3 Å². The largest absolute Gasteiger partial charge is 0.394 e. The summed E-state index contributed by atoms with van der Waals surface area (Å²) in [5.74, 6) is -0.0381. The molecular weight excluding hydrogens is 266 g/mol. The first-order valence-electron chi connectivity index (χ1n) is 7.44. The molecule has 0 aliphatic carbocycles. The van der Waals surface area contributed by atoms with Crippen LogP contribution in [0.2, 0.25) is 0 Å². The molecule has 0 radical (unpaired) electrons. The Bertz CT molecular complexity index is 495. The zero-order valence-corrected chi connectivity index (χ0v) is 12.7. The summed E-state index contributed by atoms with van der Waals surface area (Å²) in [4.78, 5) is 14.0. The minimum Gasteiger partial charge on any atom is -0.394 e. The fourth-order valence-corrected chi connectivity index (χ4v) is 2.36. The second-order valence-electron chi connectivity index (χ2n) is 5.41. The predicted octanol–water partition coefficient (Wildman–Crippen LogP) is 1.87. The van der Waals surface area contributed by atoms with Gasteiger partial charge in [-0.25, -0.2) is 0 Å². The van der Waals surface area contributed by atoms with Crippen molar-refractivity contribution in [2.24, 2.45) is 0 Å². The molecule has 0 aromatic heterocycles. The van der Waals surface area contributed by atoms with Gasteiger partial charge < -0.3 is 14.7 Å². The van der Waals surface area contributed by atoms with Crippen molar-refractivity contribution in [1.29, 1.82) is 0 Å². The van der Waals surface area contributed by atoms with Crippen molar-refractivity contribution in [3.8, 4) is 0 Å². The van der Waals surface area contributed by atoms with E-state index >= 15 is 0 Å². The standard InChI is InChI=1S/C17H23NO3/c1-3-14-4-6-15(7-5-14)8-9-17(20)18-10-16(11-19)21-12-13(18)2/h4-9,13,16,19H,3,10-12H2,1-2H3/b9-8+. The first-order valence-corrected chi connectivity index (χ1v) is 7.44. The predicted molar refractivity (Wildman–Crippen MR) is 82.9 cm³/mol. The van der Waals surface area contributed by atoms with Crippen LogP contribution in [0.5, 0.6) is 0 Å². The Labute approximate surface area is 126 Å². The SMILES string of the molecule is CCc1ccc(/C=C/C(=O)N2CC(CO)OCC2C)cc1. The maximum atomic E-state index is 12.3. The van der Waals surface area contributed by atoms with Crippen LogP contribution in [0, 0.1) is 0 Å². The molecular formula is C17H23NO3. The average Bonchev–Trinajstić information content (AvgIpc) is 2.53. The van der Waals surface area contributed by atoms with Gasteiger partial charge in [-0.2, -0.15) is 0 Å². The molecule has 1 fully saturated rings. The van der Waals surface area contributed by atoms with Crippen LogP contribution in [-0.2, 0) is 16.0 Å². The van der Waals surface area contributed by atoms with E-state index in [0.29, 0.717) is 13.2 Å². The Morgan fingerprint density at radius 2 is 2.14 bits per heavy atom. The fourth-order valence-electron chi connectivity index (χ4n) is 2.36. The lowest BCUT2D eigenvalue weighted by atomic mass is 10.1. The lowest BCUT2D eigenvalue weighted by Gasteiger charge is -2.36. The lowest BCUT2D eigenvalue weighted by molar-refractivity contribution is -0.140. The summed E-state index contributed by atoms with van der Waals surface area (Å²) in [7, 11) is 0. The molecule has 1 heterocycles. The highest BCUT2D eigenvalue weighted by Gasteiger charge is 2.27. The number of carbonyl (C=O) groups is 1. The molecule has 1 saturated heterocycles. The van der Waals surface area contributed by atoms with Crippen LogP contribution >= 0.6 is 0 Å². The molecule has 1 aliphatic rings. The third-order valence-corrected chi connectivity index (χ3v) is 3.80. The van der Waals surface area contributed by atoms with Crippen molar-refractivity contribution in [2.75, 3.05) is 19.8 Å². The number of rotatable bonds is 4. The second kappa shape index (κ2) is 7.38. The van der Waals surface area contributed by atoms with Gasteiger partial charge in [0.1, 0.15) is 0 Å². The van der Waals surface area contributed by atoms with E-state index in [-0.39, 0.29) is 24.7 Å². The molecule has 2 rings (SSSR count). The summed E-state index contributed by atoms with van der Waals surface area (Å²) in [6, 6.07) is 8.21. The van der Waals surface area contributed by atoms with Crippen LogP contribution in [-0.4, -0.2) is 47.8 Å². The maximum Gasteiger partial charge on any atom is 0.246 e. The first kappa shape index (κ1) is 15.7. The van der Waals surface area contributed by atoms with Gasteiger partial charge in [-0.05, 0) is 30.5 Å². The molecule has 1 amide bonds. The van der Waals surface area contributed by atoms with Gasteiger partial charge in [-0.15, -0.1) is 0 Å². The number of aliphatic hydroxyl groups is 1. The Kier molecular flexibility index (Phi) is 5.53. The minimum atomic E-state index is -0.276. The smallest absolute Gasteiger partial charge is 0.246 e. The minimum absolute atomic E-state index is 0.0346. The number of aliphatic hydroxyl groups excluding tert-OH is 1. The Morgan fingerprint density at radius 3 is 2.76 bits per heavy atom. The van der Waals surface area contributed by atoms with Crippen LogP contribution in [0.4, 0.5) is 0 Å². The molecule has 1 aliphatic heterocycles. The van der Waals surface area contributed by atoms with E-state index in [1.165, 1.54) is 5.56 Å². The van der Waals surface area contributed by atoms with Gasteiger partial charge in [0.05, 0.1) is 25.4 Å². The number of hydrogen-bond acceptors (Lipinski definition) is 3. The van der Waals surface area contributed by atoms with Gasteiger partial charge in [0, 0.05) is 12.6 Å². The Balaban J connectivity index is 2.00. The summed E-state index contributed by atoms with van der Waals surface area (Å²) < 4.78 is 5.44. The monoisotopic (exact) mass is 289 g/mol. The van der Waals surface area contributed by atoms with E-state index in [1.807, 2.05) is 25.1 Å². The summed E-state index contributed by atoms with van der Waals surface area (Å²) in [6.07, 6.45) is 4.16. The molecule has 1 aromatic rings. The van der Waals surface area contributed by atoms with Gasteiger partial charge in [0.2, 0.25) is 5.91 Å². The number of benzene rings is 1. The van der Waals surface area contributed by atoms with Crippen molar-refractivity contribution in [2.45, 2.75) is 32.4 Å². The summed E-state index contributed by atoms with van der Waals surface area (Å²) in [6.45, 7) is 4.92. The number of ether oxygens (including phenoxy) is 1. The number of aryl methyl sites for hydroxylation is 1. The zero-order chi connectivity index (χ0) is 15.2. The van der Waals surface area contributed by atoms with Crippen molar-refractivity contribution >= 4 is 12.0 Å². The van der Waals surface area contributed by atoms with Crippen LogP contribution in [0.3, 0.4) is 0 Å². The normalized spacial score (nSPS) is 22.7. The fraction of sp³-hybridized carbons (Fsp3) is 0.471. The van der Waals surface area contributed by atoms with Crippen molar-refractivity contribution in [3.05, 3.63) is 41.5 Å².